The molecule has 0 saturated heterocycles. The average Bonchev–Trinajstić information content (AvgIpc) is 3.20. The summed E-state index contributed by atoms with van der Waals surface area (Å²) >= 11 is 5.92. The number of hydrogen-bond donors (Lipinski definition) is 0. The second-order valence-electron chi connectivity index (χ2n) is 6.76. The van der Waals surface area contributed by atoms with Crippen LogP contribution in [-0.4, -0.2) is 26.1 Å². The van der Waals surface area contributed by atoms with Gasteiger partial charge in [0.05, 0.1) is 6.54 Å². The summed E-state index contributed by atoms with van der Waals surface area (Å²) in [7, 11) is 0. The highest BCUT2D eigenvalue weighted by molar-refractivity contribution is 6.29. The van der Waals surface area contributed by atoms with Gasteiger partial charge in [-0.2, -0.15) is 4.98 Å². The predicted octanol–water partition coefficient (Wildman–Crippen LogP) is 4.87. The smallest absolute Gasteiger partial charge is 0.406 e. The van der Waals surface area contributed by atoms with Crippen LogP contribution in [0.15, 0.2) is 64.0 Å². The van der Waals surface area contributed by atoms with E-state index in [4.69, 9.17) is 16.1 Å². The Balaban J connectivity index is 1.62. The minimum absolute atomic E-state index is 0.0119. The number of aryl methyl sites for hydroxylation is 1. The Labute approximate surface area is 184 Å². The van der Waals surface area contributed by atoms with Crippen molar-refractivity contribution in [3.63, 3.8) is 0 Å². The molecule has 0 spiro atoms. The molecule has 0 radical (unpaired) electrons. The van der Waals surface area contributed by atoms with Crippen LogP contribution in [0.3, 0.4) is 0 Å². The molecule has 0 N–H and O–H groups in total. The highest BCUT2D eigenvalue weighted by Gasteiger charge is 2.31. The molecule has 0 saturated carbocycles. The Morgan fingerprint density at radius 1 is 1.12 bits per heavy atom. The van der Waals surface area contributed by atoms with Crippen molar-refractivity contribution in [3.05, 3.63) is 81.5 Å². The lowest BCUT2D eigenvalue weighted by atomic mass is 10.2. The predicted molar refractivity (Wildman–Crippen MR) is 109 cm³/mol. The van der Waals surface area contributed by atoms with Gasteiger partial charge in [-0.3, -0.25) is 4.79 Å². The first-order valence-electron chi connectivity index (χ1n) is 9.21. The van der Waals surface area contributed by atoms with Crippen LogP contribution in [0, 0.1) is 6.92 Å². The fraction of sp³-hybridized carbons (Fsp3) is 0.143. The van der Waals surface area contributed by atoms with E-state index in [0.29, 0.717) is 16.4 Å². The van der Waals surface area contributed by atoms with E-state index >= 15 is 0 Å². The fourth-order valence-corrected chi connectivity index (χ4v) is 3.21. The third-order valence-corrected chi connectivity index (χ3v) is 4.73. The molecule has 0 aliphatic heterocycles. The van der Waals surface area contributed by atoms with E-state index < -0.39 is 6.36 Å². The normalized spacial score (nSPS) is 11.5. The molecule has 11 heteroatoms. The number of rotatable bonds is 5. The summed E-state index contributed by atoms with van der Waals surface area (Å²) in [6, 6.07) is 11.7. The minimum Gasteiger partial charge on any atom is -0.406 e. The van der Waals surface area contributed by atoms with E-state index in [0.717, 1.165) is 17.7 Å². The topological polar surface area (TPSA) is 83.0 Å². The van der Waals surface area contributed by atoms with Gasteiger partial charge >= 0.3 is 6.36 Å². The van der Waals surface area contributed by atoms with Gasteiger partial charge in [0.1, 0.15) is 16.5 Å². The van der Waals surface area contributed by atoms with E-state index in [9.17, 15) is 18.0 Å². The fourth-order valence-electron chi connectivity index (χ4n) is 3.01. The summed E-state index contributed by atoms with van der Waals surface area (Å²) in [6.45, 7) is 2.06. The maximum Gasteiger partial charge on any atom is 0.573 e. The number of benzene rings is 1. The number of pyridine rings is 2. The van der Waals surface area contributed by atoms with Crippen LogP contribution in [0.2, 0.25) is 5.15 Å². The molecule has 0 fully saturated rings. The summed E-state index contributed by atoms with van der Waals surface area (Å²) in [5, 5.41) is 4.15. The van der Waals surface area contributed by atoms with Gasteiger partial charge in [-0.15, -0.1) is 13.2 Å². The van der Waals surface area contributed by atoms with Crippen LogP contribution >= 0.6 is 11.6 Å². The first-order valence-corrected chi connectivity index (χ1v) is 9.58. The zero-order valence-electron chi connectivity index (χ0n) is 16.4. The second-order valence-corrected chi connectivity index (χ2v) is 7.15. The molecule has 1 aromatic carbocycles. The Kier molecular flexibility index (Phi) is 5.70. The number of ether oxygens (including phenoxy) is 1. The molecule has 4 rings (SSSR count). The quantitative estimate of drug-likeness (QED) is 0.393. The summed E-state index contributed by atoms with van der Waals surface area (Å²) in [4.78, 5) is 21.2. The maximum atomic E-state index is 13.1. The Bertz CT molecular complexity index is 1320. The monoisotopic (exact) mass is 462 g/mol. The molecule has 7 nitrogen and oxygen atoms in total. The first kappa shape index (κ1) is 21.6. The van der Waals surface area contributed by atoms with Crippen molar-refractivity contribution in [2.24, 2.45) is 0 Å². The summed E-state index contributed by atoms with van der Waals surface area (Å²) in [6.07, 6.45) is -3.23. The van der Waals surface area contributed by atoms with Crippen LogP contribution in [0.5, 0.6) is 5.75 Å². The third kappa shape index (κ3) is 4.80. The van der Waals surface area contributed by atoms with Gasteiger partial charge in [0, 0.05) is 17.5 Å². The van der Waals surface area contributed by atoms with Crippen molar-refractivity contribution in [1.82, 2.24) is 19.7 Å². The van der Waals surface area contributed by atoms with E-state index in [1.807, 2.05) is 0 Å². The van der Waals surface area contributed by atoms with Gasteiger partial charge in [-0.25, -0.2) is 4.98 Å². The molecular weight excluding hydrogens is 449 g/mol. The lowest BCUT2D eigenvalue weighted by Gasteiger charge is -2.11. The molecule has 0 bridgehead atoms. The van der Waals surface area contributed by atoms with E-state index in [-0.39, 0.29) is 35.1 Å². The van der Waals surface area contributed by atoms with Crippen LogP contribution in [-0.2, 0) is 6.54 Å². The molecule has 3 heterocycles. The molecular formula is C21H14ClF3N4O3. The summed E-state index contributed by atoms with van der Waals surface area (Å²) in [5.41, 5.74) is 1.74. The number of halogens is 4. The van der Waals surface area contributed by atoms with Crippen molar-refractivity contribution in [1.29, 1.82) is 0 Å². The maximum absolute atomic E-state index is 13.1. The van der Waals surface area contributed by atoms with Gasteiger partial charge in [0.2, 0.25) is 5.82 Å². The Morgan fingerprint density at radius 2 is 1.88 bits per heavy atom. The van der Waals surface area contributed by atoms with Crippen LogP contribution in [0.1, 0.15) is 11.3 Å². The van der Waals surface area contributed by atoms with Crippen molar-refractivity contribution >= 4 is 11.6 Å². The van der Waals surface area contributed by atoms with Crippen LogP contribution < -0.4 is 10.3 Å². The zero-order valence-corrected chi connectivity index (χ0v) is 17.2. The third-order valence-electron chi connectivity index (χ3n) is 4.53. The Hall–Kier alpha value is -3.66. The average molecular weight is 463 g/mol. The first-order chi connectivity index (χ1) is 15.2. The number of hydrogen-bond acceptors (Lipinski definition) is 6. The number of nitrogens with zero attached hydrogens (tertiary/aromatic N) is 4. The lowest BCUT2D eigenvalue weighted by molar-refractivity contribution is -0.274. The van der Waals surface area contributed by atoms with Crippen molar-refractivity contribution in [2.75, 3.05) is 0 Å². The standard InChI is InChI=1S/C21H14ClF3N4O3/c1-12-2-7-16(20(30)29(12)11-13-8-9-26-17(22)10-13)19-27-18(28-32-19)14-3-5-15(6-4-14)31-21(23,24)25/h2-10H,11H2,1H3. The largest absolute Gasteiger partial charge is 0.573 e. The van der Waals surface area contributed by atoms with Crippen molar-refractivity contribution < 1.29 is 22.4 Å². The van der Waals surface area contributed by atoms with Gasteiger partial charge in [-0.05, 0) is 61.0 Å². The molecule has 0 amide bonds. The van der Waals surface area contributed by atoms with Crippen LogP contribution in [0.4, 0.5) is 13.2 Å². The lowest BCUT2D eigenvalue weighted by Crippen LogP contribution is -2.24. The summed E-state index contributed by atoms with van der Waals surface area (Å²) in [5.74, 6) is -0.268. The molecule has 0 unspecified atom stereocenters. The Morgan fingerprint density at radius 3 is 2.56 bits per heavy atom. The molecule has 32 heavy (non-hydrogen) atoms. The highest BCUT2D eigenvalue weighted by atomic mass is 35.5. The van der Waals surface area contributed by atoms with Gasteiger partial charge in [-0.1, -0.05) is 16.8 Å². The molecule has 0 aliphatic rings. The SMILES string of the molecule is Cc1ccc(-c2nc(-c3ccc(OC(F)(F)F)cc3)no2)c(=O)n1Cc1ccnc(Cl)c1. The van der Waals surface area contributed by atoms with E-state index in [2.05, 4.69) is 19.9 Å². The van der Waals surface area contributed by atoms with Crippen molar-refractivity contribution in [2.45, 2.75) is 19.8 Å². The number of aromatic nitrogens is 4. The summed E-state index contributed by atoms with van der Waals surface area (Å²) < 4.78 is 47.5. The second kappa shape index (κ2) is 8.46. The van der Waals surface area contributed by atoms with Gasteiger partial charge in [0.15, 0.2) is 0 Å². The molecule has 3 aromatic heterocycles. The molecule has 0 aliphatic carbocycles. The van der Waals surface area contributed by atoms with Gasteiger partial charge < -0.3 is 13.8 Å². The molecule has 0 atom stereocenters. The molecule has 164 valence electrons. The zero-order chi connectivity index (χ0) is 22.9. The van der Waals surface area contributed by atoms with E-state index in [1.165, 1.54) is 16.7 Å². The number of alkyl halides is 3. The van der Waals surface area contributed by atoms with E-state index in [1.54, 1.807) is 37.4 Å². The van der Waals surface area contributed by atoms with Gasteiger partial charge in [0.25, 0.3) is 11.4 Å². The van der Waals surface area contributed by atoms with Crippen molar-refractivity contribution in [3.8, 4) is 28.6 Å². The minimum atomic E-state index is -4.78. The molecule has 4 aromatic rings. The van der Waals surface area contributed by atoms with Crippen LogP contribution in [0.25, 0.3) is 22.8 Å². The highest BCUT2D eigenvalue weighted by Crippen LogP contribution is 2.26.